The van der Waals surface area contributed by atoms with Gasteiger partial charge in [-0.2, -0.15) is 8.42 Å². The number of phenols is 1. The first-order valence-electron chi connectivity index (χ1n) is 5.13. The van der Waals surface area contributed by atoms with Gasteiger partial charge in [-0.05, 0) is 5.46 Å². The number of esters is 1. The van der Waals surface area contributed by atoms with Gasteiger partial charge in [-0.3, -0.25) is 4.55 Å². The minimum atomic E-state index is -4.17. The van der Waals surface area contributed by atoms with E-state index in [4.69, 9.17) is 4.55 Å². The zero-order valence-electron chi connectivity index (χ0n) is 10.0. The summed E-state index contributed by atoms with van der Waals surface area (Å²) in [7, 11) is -0.781. The fourth-order valence-electron chi connectivity index (χ4n) is 1.43. The van der Waals surface area contributed by atoms with Gasteiger partial charge in [0.05, 0.1) is 0 Å². The van der Waals surface area contributed by atoms with E-state index >= 15 is 0 Å². The molecule has 1 aromatic rings. The molecule has 0 aliphatic carbocycles. The molecular weight excluding hydrogens is 258 g/mol. The standard InChI is InChI=1S/C9H12B2O6S/c10-5-3-6(8(12)7(11)4-5)9(13)17-1-2-18(14,15)16/h3-4,12H,1-2,10-11H2,(H,14,15,16). The van der Waals surface area contributed by atoms with Gasteiger partial charge >= 0.3 is 5.97 Å². The molecule has 0 saturated carbocycles. The predicted molar refractivity (Wildman–Crippen MR) is 71.2 cm³/mol. The molecule has 0 unspecified atom stereocenters. The third-order valence-corrected chi connectivity index (χ3v) is 2.92. The van der Waals surface area contributed by atoms with E-state index in [2.05, 4.69) is 4.74 Å². The molecule has 0 atom stereocenters. The van der Waals surface area contributed by atoms with E-state index in [9.17, 15) is 18.3 Å². The molecule has 18 heavy (non-hydrogen) atoms. The summed E-state index contributed by atoms with van der Waals surface area (Å²) in [5.41, 5.74) is 1.27. The van der Waals surface area contributed by atoms with E-state index in [-0.39, 0.29) is 11.3 Å². The summed E-state index contributed by atoms with van der Waals surface area (Å²) >= 11 is 0. The van der Waals surface area contributed by atoms with Crippen molar-refractivity contribution in [2.45, 2.75) is 0 Å². The normalized spacial score (nSPS) is 11.2. The van der Waals surface area contributed by atoms with Gasteiger partial charge in [0.25, 0.3) is 10.1 Å². The number of phenolic OH excluding ortho intramolecular Hbond substituents is 1. The summed E-state index contributed by atoms with van der Waals surface area (Å²) < 4.78 is 34.0. The van der Waals surface area contributed by atoms with Crippen LogP contribution in [0.4, 0.5) is 0 Å². The lowest BCUT2D eigenvalue weighted by atomic mass is 9.84. The van der Waals surface area contributed by atoms with Crippen molar-refractivity contribution in [1.29, 1.82) is 0 Å². The fourth-order valence-corrected chi connectivity index (χ4v) is 1.73. The Morgan fingerprint density at radius 3 is 2.50 bits per heavy atom. The maximum Gasteiger partial charge on any atom is 0.341 e. The Bertz CT molecular complexity index is 569. The maximum absolute atomic E-state index is 11.6. The Labute approximate surface area is 107 Å². The second-order valence-corrected chi connectivity index (χ2v) is 5.47. The highest BCUT2D eigenvalue weighted by Crippen LogP contribution is 2.12. The topological polar surface area (TPSA) is 101 Å². The predicted octanol–water partition coefficient (Wildman–Crippen LogP) is -3.05. The summed E-state index contributed by atoms with van der Waals surface area (Å²) in [5, 5.41) is 9.68. The third kappa shape index (κ3) is 4.08. The average Bonchev–Trinajstić information content (AvgIpc) is 2.21. The monoisotopic (exact) mass is 270 g/mol. The molecule has 0 heterocycles. The molecule has 0 fully saturated rings. The van der Waals surface area contributed by atoms with Gasteiger partial charge in [-0.15, -0.1) is 0 Å². The van der Waals surface area contributed by atoms with E-state index in [0.717, 1.165) is 5.46 Å². The summed E-state index contributed by atoms with van der Waals surface area (Å²) in [6.45, 7) is -0.468. The minimum absolute atomic E-state index is 0.0252. The number of benzene rings is 1. The highest BCUT2D eigenvalue weighted by Gasteiger charge is 2.16. The van der Waals surface area contributed by atoms with Gasteiger partial charge in [-0.1, -0.05) is 17.6 Å². The van der Waals surface area contributed by atoms with E-state index in [1.807, 2.05) is 0 Å². The van der Waals surface area contributed by atoms with Crippen LogP contribution in [0.5, 0.6) is 5.75 Å². The van der Waals surface area contributed by atoms with Crippen LogP contribution >= 0.6 is 0 Å². The molecule has 0 spiro atoms. The van der Waals surface area contributed by atoms with Crippen molar-refractivity contribution in [2.75, 3.05) is 12.4 Å². The van der Waals surface area contributed by atoms with E-state index in [1.165, 1.54) is 6.07 Å². The van der Waals surface area contributed by atoms with Crippen LogP contribution in [0, 0.1) is 0 Å². The number of ether oxygens (including phenoxy) is 1. The lowest BCUT2D eigenvalue weighted by Gasteiger charge is -2.09. The summed E-state index contributed by atoms with van der Waals surface area (Å²) in [6.07, 6.45) is 0. The molecular formula is C9H12B2O6S. The maximum atomic E-state index is 11.6. The van der Waals surface area contributed by atoms with Gasteiger partial charge in [-0.25, -0.2) is 4.79 Å². The SMILES string of the molecule is Bc1cc(B)c(O)c(C(=O)OCCS(=O)(=O)O)c1. The van der Waals surface area contributed by atoms with Gasteiger partial charge in [0.15, 0.2) is 0 Å². The Kier molecular flexibility index (Phi) is 4.42. The van der Waals surface area contributed by atoms with Gasteiger partial charge in [0.2, 0.25) is 0 Å². The lowest BCUT2D eigenvalue weighted by Crippen LogP contribution is -2.20. The number of carbonyl (C=O) groups is 1. The van der Waals surface area contributed by atoms with Crippen LogP contribution in [0.25, 0.3) is 0 Å². The smallest absolute Gasteiger partial charge is 0.341 e. The van der Waals surface area contributed by atoms with E-state index < -0.39 is 28.4 Å². The van der Waals surface area contributed by atoms with Crippen molar-refractivity contribution in [1.82, 2.24) is 0 Å². The van der Waals surface area contributed by atoms with Gasteiger partial charge in [0.1, 0.15) is 39.4 Å². The molecule has 0 aliphatic heterocycles. The lowest BCUT2D eigenvalue weighted by molar-refractivity contribution is 0.0525. The molecule has 0 bridgehead atoms. The number of rotatable bonds is 4. The quantitative estimate of drug-likeness (QED) is 0.342. The minimum Gasteiger partial charge on any atom is -0.508 e. The Morgan fingerprint density at radius 2 is 1.94 bits per heavy atom. The molecule has 96 valence electrons. The van der Waals surface area contributed by atoms with Crippen LogP contribution in [0.2, 0.25) is 0 Å². The van der Waals surface area contributed by atoms with Crippen LogP contribution in [-0.4, -0.2) is 52.1 Å². The third-order valence-electron chi connectivity index (χ3n) is 2.24. The Morgan fingerprint density at radius 1 is 1.33 bits per heavy atom. The second-order valence-electron chi connectivity index (χ2n) is 3.90. The van der Waals surface area contributed by atoms with Crippen molar-refractivity contribution < 1.29 is 27.6 Å². The molecule has 9 heteroatoms. The van der Waals surface area contributed by atoms with Crippen molar-refractivity contribution in [3.63, 3.8) is 0 Å². The summed E-state index contributed by atoms with van der Waals surface area (Å²) in [5.74, 6) is -1.70. The number of carbonyl (C=O) groups excluding carboxylic acids is 1. The van der Waals surface area contributed by atoms with Gasteiger partial charge in [0, 0.05) is 0 Å². The van der Waals surface area contributed by atoms with E-state index in [1.54, 1.807) is 21.8 Å². The van der Waals surface area contributed by atoms with Crippen molar-refractivity contribution in [3.8, 4) is 5.75 Å². The number of hydrogen-bond acceptors (Lipinski definition) is 5. The van der Waals surface area contributed by atoms with Crippen molar-refractivity contribution in [3.05, 3.63) is 17.7 Å². The largest absolute Gasteiger partial charge is 0.508 e. The first-order chi connectivity index (χ1) is 8.20. The molecule has 0 aromatic heterocycles. The molecule has 1 aromatic carbocycles. The van der Waals surface area contributed by atoms with Crippen molar-refractivity contribution >= 4 is 42.7 Å². The van der Waals surface area contributed by atoms with E-state index in [0.29, 0.717) is 5.46 Å². The zero-order valence-corrected chi connectivity index (χ0v) is 10.8. The average molecular weight is 270 g/mol. The van der Waals surface area contributed by atoms with Crippen LogP contribution in [0.1, 0.15) is 10.4 Å². The highest BCUT2D eigenvalue weighted by atomic mass is 32.2. The van der Waals surface area contributed by atoms with Crippen LogP contribution in [0.15, 0.2) is 12.1 Å². The molecule has 0 amide bonds. The molecule has 2 N–H and O–H groups in total. The molecule has 0 radical (unpaired) electrons. The first kappa shape index (κ1) is 14.6. The van der Waals surface area contributed by atoms with Crippen LogP contribution in [-0.2, 0) is 14.9 Å². The fraction of sp³-hybridized carbons (Fsp3) is 0.222. The zero-order chi connectivity index (χ0) is 13.9. The molecule has 6 nitrogen and oxygen atoms in total. The number of aromatic hydroxyl groups is 1. The molecule has 0 saturated heterocycles. The molecule has 0 aliphatic rings. The molecule has 1 rings (SSSR count). The van der Waals surface area contributed by atoms with Crippen LogP contribution < -0.4 is 10.9 Å². The Balaban J connectivity index is 2.79. The highest BCUT2D eigenvalue weighted by molar-refractivity contribution is 7.85. The first-order valence-corrected chi connectivity index (χ1v) is 6.74. The van der Waals surface area contributed by atoms with Crippen molar-refractivity contribution in [2.24, 2.45) is 0 Å². The second kappa shape index (κ2) is 5.45. The van der Waals surface area contributed by atoms with Crippen LogP contribution in [0.3, 0.4) is 0 Å². The summed E-state index contributed by atoms with van der Waals surface area (Å²) in [6, 6.07) is 3.14. The number of hydrogen-bond donors (Lipinski definition) is 2. The van der Waals surface area contributed by atoms with Gasteiger partial charge < -0.3 is 9.84 Å². The summed E-state index contributed by atoms with van der Waals surface area (Å²) in [4.78, 5) is 11.6. The Hall–Kier alpha value is -1.47.